The molecule has 1 aliphatic heterocycles. The van der Waals surface area contributed by atoms with E-state index in [1.165, 1.54) is 6.26 Å². The molecule has 8 heteroatoms. The van der Waals surface area contributed by atoms with E-state index in [1.54, 1.807) is 20.8 Å². The third kappa shape index (κ3) is 8.86. The smallest absolute Gasteiger partial charge is 0.341 e. The van der Waals surface area contributed by atoms with Crippen molar-refractivity contribution < 1.29 is 38.7 Å². The molecule has 0 bridgehead atoms. The zero-order valence-corrected chi connectivity index (χ0v) is 22.8. The molecule has 8 nitrogen and oxygen atoms in total. The van der Waals surface area contributed by atoms with Crippen molar-refractivity contribution in [2.75, 3.05) is 13.2 Å². The molecule has 0 aromatic heterocycles. The first kappa shape index (κ1) is 30.3. The number of benzene rings is 2. The lowest BCUT2D eigenvalue weighted by Crippen LogP contribution is -2.32. The quantitative estimate of drug-likeness (QED) is 0.309. The van der Waals surface area contributed by atoms with Gasteiger partial charge >= 0.3 is 5.97 Å². The number of aliphatic hydroxyl groups excluding tert-OH is 2. The Morgan fingerprint density at radius 2 is 1.14 bits per heavy atom. The minimum absolute atomic E-state index is 0.199. The van der Waals surface area contributed by atoms with Gasteiger partial charge in [0.15, 0.2) is 0 Å². The van der Waals surface area contributed by atoms with Crippen molar-refractivity contribution in [3.05, 3.63) is 71.5 Å². The van der Waals surface area contributed by atoms with Crippen molar-refractivity contribution in [1.82, 2.24) is 0 Å². The maximum Gasteiger partial charge on any atom is 0.341 e. The van der Waals surface area contributed by atoms with E-state index in [4.69, 9.17) is 18.9 Å². The van der Waals surface area contributed by atoms with Gasteiger partial charge in [-0.3, -0.25) is 0 Å². The second-order valence-corrected chi connectivity index (χ2v) is 9.24. The number of aliphatic hydroxyl groups is 2. The molecule has 3 rings (SSSR count). The summed E-state index contributed by atoms with van der Waals surface area (Å²) in [5.74, 6) is 1.08. The molecule has 4 atom stereocenters. The van der Waals surface area contributed by atoms with Gasteiger partial charge in [-0.2, -0.15) is 0 Å². The highest BCUT2D eigenvalue weighted by Crippen LogP contribution is 2.33. The van der Waals surface area contributed by atoms with Gasteiger partial charge in [-0.25, -0.2) is 4.79 Å². The van der Waals surface area contributed by atoms with Crippen molar-refractivity contribution >= 4 is 5.97 Å². The van der Waals surface area contributed by atoms with Gasteiger partial charge in [-0.1, -0.05) is 38.1 Å². The Hall–Kier alpha value is -2.91. The van der Waals surface area contributed by atoms with Crippen LogP contribution in [0.5, 0.6) is 11.5 Å². The molecule has 204 valence electrons. The van der Waals surface area contributed by atoms with E-state index in [1.807, 2.05) is 62.4 Å². The molecule has 37 heavy (non-hydrogen) atoms. The molecule has 1 aliphatic rings. The largest absolute Gasteiger partial charge is 0.462 e. The number of carbonyl (C=O) groups is 1. The molecule has 0 radical (unpaired) electrons. The first-order valence-corrected chi connectivity index (χ1v) is 12.5. The lowest BCUT2D eigenvalue weighted by molar-refractivity contribution is -0.138. The van der Waals surface area contributed by atoms with Crippen LogP contribution in [-0.2, 0) is 24.4 Å². The Bertz CT molecular complexity index is 928. The standard InChI is InChI=1S/C25H36O6.C4H4O2/c1-7-28-23(17(3)26)30-21-13-9-19(10-14-21)25(5,6)20-11-15-22(16-12-20)31-24(18(4)27)29-8-2;1-3-2-6-4(3)5/h9-18,23-24,26-27H,7-8H2,1-6H3;2H,1H3. The number of hydrogen-bond acceptors (Lipinski definition) is 8. The van der Waals surface area contributed by atoms with Gasteiger partial charge in [0.1, 0.15) is 30.0 Å². The summed E-state index contributed by atoms with van der Waals surface area (Å²) in [6, 6.07) is 15.6. The zero-order valence-electron chi connectivity index (χ0n) is 22.8. The number of hydrogen-bond donors (Lipinski definition) is 2. The summed E-state index contributed by atoms with van der Waals surface area (Å²) in [6.07, 6.45) is -1.42. The summed E-state index contributed by atoms with van der Waals surface area (Å²) in [6.45, 7) is 13.9. The molecule has 2 N–H and O–H groups in total. The summed E-state index contributed by atoms with van der Waals surface area (Å²) in [4.78, 5) is 9.94. The molecule has 0 saturated carbocycles. The van der Waals surface area contributed by atoms with E-state index in [2.05, 4.69) is 18.6 Å². The average molecular weight is 517 g/mol. The molecule has 1 heterocycles. The maximum absolute atomic E-state index is 9.94. The monoisotopic (exact) mass is 516 g/mol. The third-order valence-corrected chi connectivity index (χ3v) is 5.77. The molecule has 0 saturated heterocycles. The second kappa shape index (κ2) is 14.1. The fourth-order valence-corrected chi connectivity index (χ4v) is 3.43. The average Bonchev–Trinajstić information content (AvgIpc) is 2.88. The van der Waals surface area contributed by atoms with Crippen LogP contribution in [0.15, 0.2) is 60.4 Å². The van der Waals surface area contributed by atoms with E-state index >= 15 is 0 Å². The zero-order chi connectivity index (χ0) is 27.6. The van der Waals surface area contributed by atoms with Crippen LogP contribution in [0.25, 0.3) is 0 Å². The highest BCUT2D eigenvalue weighted by atomic mass is 16.7. The van der Waals surface area contributed by atoms with E-state index < -0.39 is 24.8 Å². The first-order chi connectivity index (χ1) is 17.5. The van der Waals surface area contributed by atoms with Crippen molar-refractivity contribution in [2.24, 2.45) is 0 Å². The fourth-order valence-electron chi connectivity index (χ4n) is 3.43. The molecule has 0 amide bonds. The summed E-state index contributed by atoms with van der Waals surface area (Å²) < 4.78 is 26.6. The van der Waals surface area contributed by atoms with Crippen LogP contribution in [0.3, 0.4) is 0 Å². The minimum atomic E-state index is -0.729. The van der Waals surface area contributed by atoms with Gasteiger partial charge in [-0.15, -0.1) is 0 Å². The van der Waals surface area contributed by atoms with Crippen molar-refractivity contribution in [1.29, 1.82) is 0 Å². The third-order valence-electron chi connectivity index (χ3n) is 5.77. The SMILES string of the molecule is CC1=COC1=O.CCOC(Oc1ccc(C(C)(C)c2ccc(OC(OCC)C(C)O)cc2)cc1)C(C)O. The Labute approximate surface area is 219 Å². The van der Waals surface area contributed by atoms with E-state index in [9.17, 15) is 15.0 Å². The lowest BCUT2D eigenvalue weighted by atomic mass is 9.78. The van der Waals surface area contributed by atoms with Crippen molar-refractivity contribution in [3.8, 4) is 11.5 Å². The Kier molecular flexibility index (Phi) is 11.6. The topological polar surface area (TPSA) is 104 Å². The Morgan fingerprint density at radius 1 is 0.784 bits per heavy atom. The summed E-state index contributed by atoms with van der Waals surface area (Å²) in [7, 11) is 0. The highest BCUT2D eigenvalue weighted by Gasteiger charge is 2.24. The van der Waals surface area contributed by atoms with Gasteiger partial charge in [-0.05, 0) is 70.0 Å². The predicted molar refractivity (Wildman–Crippen MR) is 140 cm³/mol. The predicted octanol–water partition coefficient (Wildman–Crippen LogP) is 4.70. The molecule has 2 aromatic carbocycles. The van der Waals surface area contributed by atoms with Gasteiger partial charge in [0.25, 0.3) is 0 Å². The Morgan fingerprint density at radius 3 is 1.35 bits per heavy atom. The number of carbonyl (C=O) groups excluding carboxylic acids is 1. The summed E-state index contributed by atoms with van der Waals surface area (Å²) in [5, 5.41) is 19.6. The normalized spacial score (nSPS) is 16.1. The summed E-state index contributed by atoms with van der Waals surface area (Å²) in [5.41, 5.74) is 2.70. The van der Waals surface area contributed by atoms with E-state index in [0.717, 1.165) is 11.1 Å². The molecule has 4 unspecified atom stereocenters. The van der Waals surface area contributed by atoms with Crippen LogP contribution in [0.1, 0.15) is 59.6 Å². The second-order valence-electron chi connectivity index (χ2n) is 9.24. The van der Waals surface area contributed by atoms with Gasteiger partial charge in [0.05, 0.1) is 5.57 Å². The van der Waals surface area contributed by atoms with Gasteiger partial charge in [0, 0.05) is 18.6 Å². The van der Waals surface area contributed by atoms with Gasteiger partial charge < -0.3 is 33.9 Å². The molecule has 2 aromatic rings. The maximum atomic E-state index is 9.94. The summed E-state index contributed by atoms with van der Waals surface area (Å²) >= 11 is 0. The van der Waals surface area contributed by atoms with Crippen LogP contribution >= 0.6 is 0 Å². The fraction of sp³-hybridized carbons (Fsp3) is 0.483. The molecule has 0 fully saturated rings. The molecule has 0 spiro atoms. The van der Waals surface area contributed by atoms with Crippen molar-refractivity contribution in [3.63, 3.8) is 0 Å². The molecular formula is C29H40O8. The number of esters is 1. The van der Waals surface area contributed by atoms with Crippen LogP contribution in [-0.4, -0.2) is 54.2 Å². The minimum Gasteiger partial charge on any atom is -0.462 e. The van der Waals surface area contributed by atoms with E-state index in [-0.39, 0.29) is 11.4 Å². The van der Waals surface area contributed by atoms with Crippen LogP contribution in [0, 0.1) is 0 Å². The lowest BCUT2D eigenvalue weighted by Gasteiger charge is -2.27. The molecular weight excluding hydrogens is 476 g/mol. The first-order valence-electron chi connectivity index (χ1n) is 12.5. The molecule has 0 aliphatic carbocycles. The highest BCUT2D eigenvalue weighted by molar-refractivity contribution is 5.92. The van der Waals surface area contributed by atoms with Gasteiger partial charge in [0.2, 0.25) is 12.6 Å². The number of ether oxygens (including phenoxy) is 5. The van der Waals surface area contributed by atoms with E-state index in [0.29, 0.717) is 30.3 Å². The number of rotatable bonds is 12. The number of cyclic esters (lactones) is 1. The Balaban J connectivity index is 0.000000700. The van der Waals surface area contributed by atoms with Crippen molar-refractivity contribution in [2.45, 2.75) is 78.7 Å². The van der Waals surface area contributed by atoms with Crippen LogP contribution in [0.2, 0.25) is 0 Å². The van der Waals surface area contributed by atoms with Crippen LogP contribution in [0.4, 0.5) is 0 Å². The van der Waals surface area contributed by atoms with Crippen LogP contribution < -0.4 is 9.47 Å².